The molecule has 3 aromatic rings. The summed E-state index contributed by atoms with van der Waals surface area (Å²) in [7, 11) is 2.06. The zero-order valence-corrected chi connectivity index (χ0v) is 15.0. The van der Waals surface area contributed by atoms with Crippen molar-refractivity contribution in [1.29, 1.82) is 0 Å². The van der Waals surface area contributed by atoms with Gasteiger partial charge in [-0.25, -0.2) is 9.97 Å². The van der Waals surface area contributed by atoms with E-state index in [1.54, 1.807) is 11.3 Å². The first-order valence-electron chi connectivity index (χ1n) is 7.92. The molecule has 0 amide bonds. The second-order valence-electron chi connectivity index (χ2n) is 5.58. The quantitative estimate of drug-likeness (QED) is 0.645. The number of aromatic nitrogens is 2. The average molecular weight is 343 g/mol. The van der Waals surface area contributed by atoms with E-state index in [4.69, 9.17) is 9.15 Å². The highest BCUT2D eigenvalue weighted by molar-refractivity contribution is 7.09. The molecule has 2 aromatic heterocycles. The van der Waals surface area contributed by atoms with E-state index in [1.165, 1.54) is 0 Å². The molecule has 0 aliphatic heterocycles. The van der Waals surface area contributed by atoms with Crippen molar-refractivity contribution in [2.75, 3.05) is 13.7 Å². The number of aryl methyl sites for hydroxylation is 1. The normalized spacial score (nSPS) is 11.2. The molecule has 6 heteroatoms. The Morgan fingerprint density at radius 3 is 2.67 bits per heavy atom. The van der Waals surface area contributed by atoms with Gasteiger partial charge in [0.25, 0.3) is 0 Å². The molecule has 0 fully saturated rings. The van der Waals surface area contributed by atoms with Crippen LogP contribution in [0.3, 0.4) is 0 Å². The maximum Gasteiger partial charge on any atom is 0.226 e. The van der Waals surface area contributed by atoms with E-state index in [2.05, 4.69) is 21.9 Å². The molecule has 24 heavy (non-hydrogen) atoms. The van der Waals surface area contributed by atoms with Crippen LogP contribution in [0, 0.1) is 6.92 Å². The van der Waals surface area contributed by atoms with E-state index >= 15 is 0 Å². The maximum absolute atomic E-state index is 5.85. The van der Waals surface area contributed by atoms with Crippen LogP contribution in [0.4, 0.5) is 0 Å². The second-order valence-corrected chi connectivity index (χ2v) is 6.56. The van der Waals surface area contributed by atoms with Gasteiger partial charge in [0.05, 0.1) is 18.8 Å². The molecule has 3 rings (SSSR count). The van der Waals surface area contributed by atoms with E-state index in [0.717, 1.165) is 40.9 Å². The number of ether oxygens (including phenoxy) is 1. The molecule has 5 nitrogen and oxygen atoms in total. The van der Waals surface area contributed by atoms with Crippen LogP contribution >= 0.6 is 11.3 Å². The number of hydrogen-bond donors (Lipinski definition) is 0. The molecule has 2 heterocycles. The summed E-state index contributed by atoms with van der Waals surface area (Å²) in [6, 6.07) is 7.82. The topological polar surface area (TPSA) is 51.4 Å². The number of hydrogen-bond acceptors (Lipinski definition) is 6. The largest absolute Gasteiger partial charge is 0.494 e. The minimum absolute atomic E-state index is 0.646. The third kappa shape index (κ3) is 4.01. The van der Waals surface area contributed by atoms with E-state index in [9.17, 15) is 0 Å². The molecular formula is C18H21N3O2S. The maximum atomic E-state index is 5.85. The van der Waals surface area contributed by atoms with Crippen molar-refractivity contribution >= 4 is 11.3 Å². The zero-order valence-electron chi connectivity index (χ0n) is 14.2. The highest BCUT2D eigenvalue weighted by Gasteiger charge is 2.14. The van der Waals surface area contributed by atoms with Crippen molar-refractivity contribution in [2.45, 2.75) is 26.9 Å². The van der Waals surface area contributed by atoms with Crippen molar-refractivity contribution in [1.82, 2.24) is 14.9 Å². The van der Waals surface area contributed by atoms with Gasteiger partial charge in [-0.05, 0) is 45.2 Å². The monoisotopic (exact) mass is 343 g/mol. The fourth-order valence-corrected chi connectivity index (χ4v) is 3.13. The van der Waals surface area contributed by atoms with Gasteiger partial charge in [-0.1, -0.05) is 0 Å². The predicted molar refractivity (Wildman–Crippen MR) is 95.1 cm³/mol. The summed E-state index contributed by atoms with van der Waals surface area (Å²) in [6.45, 7) is 6.12. The number of oxazole rings is 1. The van der Waals surface area contributed by atoms with Gasteiger partial charge in [-0.3, -0.25) is 4.90 Å². The van der Waals surface area contributed by atoms with E-state index < -0.39 is 0 Å². The Morgan fingerprint density at radius 1 is 1.21 bits per heavy atom. The van der Waals surface area contributed by atoms with Gasteiger partial charge < -0.3 is 9.15 Å². The molecule has 0 saturated carbocycles. The van der Waals surface area contributed by atoms with Crippen molar-refractivity contribution in [3.63, 3.8) is 0 Å². The first-order valence-corrected chi connectivity index (χ1v) is 8.80. The summed E-state index contributed by atoms with van der Waals surface area (Å²) < 4.78 is 11.3. The first kappa shape index (κ1) is 16.7. The van der Waals surface area contributed by atoms with Crippen molar-refractivity contribution in [3.05, 3.63) is 52.3 Å². The van der Waals surface area contributed by atoms with E-state index in [-0.39, 0.29) is 0 Å². The van der Waals surface area contributed by atoms with Gasteiger partial charge in [0.2, 0.25) is 5.89 Å². The molecule has 0 N–H and O–H groups in total. The Kier molecular flexibility index (Phi) is 5.27. The first-order chi connectivity index (χ1) is 11.7. The van der Waals surface area contributed by atoms with Gasteiger partial charge in [-0.2, -0.15) is 0 Å². The predicted octanol–water partition coefficient (Wildman–Crippen LogP) is 4.14. The van der Waals surface area contributed by atoms with Crippen LogP contribution in [0.5, 0.6) is 5.75 Å². The minimum Gasteiger partial charge on any atom is -0.494 e. The number of benzene rings is 1. The van der Waals surface area contributed by atoms with Crippen LogP contribution in [0.15, 0.2) is 40.3 Å². The lowest BCUT2D eigenvalue weighted by molar-refractivity contribution is 0.313. The van der Waals surface area contributed by atoms with Gasteiger partial charge in [0.15, 0.2) is 0 Å². The summed E-state index contributed by atoms with van der Waals surface area (Å²) in [5.41, 5.74) is 1.91. The summed E-state index contributed by atoms with van der Waals surface area (Å²) in [5.74, 6) is 2.35. The molecule has 0 aliphatic rings. The van der Waals surface area contributed by atoms with E-state index in [0.29, 0.717) is 12.5 Å². The standard InChI is InChI=1S/C18H21N3O2S/c1-4-22-15-7-5-14(6-8-15)18-20-16(13(2)23-18)11-21(3)12-17-19-9-10-24-17/h5-10H,4,11-12H2,1-3H3. The zero-order chi connectivity index (χ0) is 16.9. The second kappa shape index (κ2) is 7.59. The highest BCUT2D eigenvalue weighted by Crippen LogP contribution is 2.25. The number of rotatable bonds is 7. The van der Waals surface area contributed by atoms with Crippen LogP contribution in [0.2, 0.25) is 0 Å². The summed E-state index contributed by atoms with van der Waals surface area (Å²) in [4.78, 5) is 11.2. The molecule has 126 valence electrons. The third-order valence-electron chi connectivity index (χ3n) is 3.61. The van der Waals surface area contributed by atoms with Crippen LogP contribution in [0.1, 0.15) is 23.4 Å². The Hall–Kier alpha value is -2.18. The number of thiazole rings is 1. The summed E-state index contributed by atoms with van der Waals surface area (Å²) >= 11 is 1.66. The molecule has 0 atom stereocenters. The van der Waals surface area contributed by atoms with Gasteiger partial charge in [0, 0.05) is 23.7 Å². The lowest BCUT2D eigenvalue weighted by atomic mass is 10.2. The highest BCUT2D eigenvalue weighted by atomic mass is 32.1. The fraction of sp³-hybridized carbons (Fsp3) is 0.333. The fourth-order valence-electron chi connectivity index (χ4n) is 2.43. The minimum atomic E-state index is 0.646. The molecule has 1 aromatic carbocycles. The molecule has 0 bridgehead atoms. The van der Waals surface area contributed by atoms with Gasteiger partial charge in [-0.15, -0.1) is 11.3 Å². The Morgan fingerprint density at radius 2 is 2.00 bits per heavy atom. The molecule has 0 spiro atoms. The van der Waals surface area contributed by atoms with Crippen molar-refractivity contribution in [3.8, 4) is 17.2 Å². The third-order valence-corrected chi connectivity index (χ3v) is 4.38. The molecule has 0 aliphatic carbocycles. The Labute approximate surface area is 145 Å². The van der Waals surface area contributed by atoms with Crippen molar-refractivity contribution < 1.29 is 9.15 Å². The van der Waals surface area contributed by atoms with E-state index in [1.807, 2.05) is 49.7 Å². The lowest BCUT2D eigenvalue weighted by Gasteiger charge is -2.13. The Balaban J connectivity index is 1.70. The van der Waals surface area contributed by atoms with Crippen LogP contribution in [0.25, 0.3) is 11.5 Å². The molecular weight excluding hydrogens is 322 g/mol. The van der Waals surface area contributed by atoms with Crippen molar-refractivity contribution in [2.24, 2.45) is 0 Å². The smallest absolute Gasteiger partial charge is 0.226 e. The molecule has 0 saturated heterocycles. The molecule has 0 radical (unpaired) electrons. The van der Waals surface area contributed by atoms with Gasteiger partial charge in [0.1, 0.15) is 16.5 Å². The van der Waals surface area contributed by atoms with Crippen LogP contribution < -0.4 is 4.74 Å². The summed E-state index contributed by atoms with van der Waals surface area (Å²) in [6.07, 6.45) is 1.83. The summed E-state index contributed by atoms with van der Waals surface area (Å²) in [5, 5.41) is 3.10. The molecule has 0 unspecified atom stereocenters. The van der Waals surface area contributed by atoms with Crippen LogP contribution in [-0.4, -0.2) is 28.5 Å². The lowest BCUT2D eigenvalue weighted by Crippen LogP contribution is -2.17. The average Bonchev–Trinajstić information content (AvgIpc) is 3.19. The SMILES string of the molecule is CCOc1ccc(-c2nc(CN(C)Cc3nccs3)c(C)o2)cc1. The van der Waals surface area contributed by atoms with Gasteiger partial charge >= 0.3 is 0 Å². The Bertz CT molecular complexity index is 766. The van der Waals surface area contributed by atoms with Crippen LogP contribution in [-0.2, 0) is 13.1 Å². The number of nitrogens with zero attached hydrogens (tertiary/aromatic N) is 3.